The number of piperidine rings is 1. The van der Waals surface area contributed by atoms with Crippen molar-refractivity contribution in [3.63, 3.8) is 0 Å². The first kappa shape index (κ1) is 12.1. The Labute approximate surface area is 115 Å². The van der Waals surface area contributed by atoms with E-state index in [0.29, 0.717) is 0 Å². The van der Waals surface area contributed by atoms with Crippen LogP contribution >= 0.6 is 15.9 Å². The second kappa shape index (κ2) is 4.64. The fourth-order valence-corrected chi connectivity index (χ4v) is 3.12. The minimum atomic E-state index is -0.138. The molecule has 1 saturated heterocycles. The van der Waals surface area contributed by atoms with E-state index in [1.54, 1.807) is 0 Å². The van der Waals surface area contributed by atoms with Crippen LogP contribution in [0.3, 0.4) is 0 Å². The lowest BCUT2D eigenvalue weighted by Gasteiger charge is -2.33. The molecule has 1 amide bonds. The minimum Gasteiger partial charge on any atom is -0.328 e. The van der Waals surface area contributed by atoms with Crippen molar-refractivity contribution >= 4 is 27.5 Å². The first-order valence-electron chi connectivity index (χ1n) is 6.25. The molecule has 1 aromatic rings. The maximum Gasteiger partial charge on any atom is 0.246 e. The summed E-state index contributed by atoms with van der Waals surface area (Å²) >= 11 is 3.43. The normalized spacial score (nSPS) is 25.0. The van der Waals surface area contributed by atoms with E-state index in [1.165, 1.54) is 0 Å². The van der Waals surface area contributed by atoms with Crippen LogP contribution in [0.4, 0.5) is 5.69 Å². The van der Waals surface area contributed by atoms with E-state index in [-0.39, 0.29) is 18.0 Å². The van der Waals surface area contributed by atoms with Crippen LogP contribution in [0.15, 0.2) is 22.7 Å². The highest BCUT2D eigenvalue weighted by molar-refractivity contribution is 9.10. The molecule has 0 aromatic heterocycles. The molecule has 1 unspecified atom stereocenters. The Balaban J connectivity index is 1.87. The molecule has 2 aliphatic heterocycles. The number of rotatable bonds is 1. The van der Waals surface area contributed by atoms with E-state index in [0.717, 1.165) is 41.7 Å². The summed E-state index contributed by atoms with van der Waals surface area (Å²) in [5.41, 5.74) is 7.92. The maximum absolute atomic E-state index is 12.1. The summed E-state index contributed by atoms with van der Waals surface area (Å²) in [4.78, 5) is 14.4. The molecule has 3 N–H and O–H groups in total. The van der Waals surface area contributed by atoms with Gasteiger partial charge >= 0.3 is 0 Å². The molecular weight excluding hydrogens is 294 g/mol. The number of hydrogen-bond donors (Lipinski definition) is 2. The SMILES string of the molecule is NC1CCN(C2C(=O)Nc3cc(Br)ccc32)CC1. The number of nitrogens with one attached hydrogen (secondary N) is 1. The molecular formula is C13H16BrN3O. The average Bonchev–Trinajstić information content (AvgIpc) is 2.65. The van der Waals surface area contributed by atoms with Crippen molar-refractivity contribution in [1.82, 2.24) is 4.90 Å². The highest BCUT2D eigenvalue weighted by Gasteiger charge is 2.36. The van der Waals surface area contributed by atoms with E-state index < -0.39 is 0 Å². The number of amides is 1. The quantitative estimate of drug-likeness (QED) is 0.832. The number of nitrogens with two attached hydrogens (primary N) is 1. The third-order valence-electron chi connectivity index (χ3n) is 3.76. The topological polar surface area (TPSA) is 58.4 Å². The lowest BCUT2D eigenvalue weighted by molar-refractivity contribution is -0.121. The summed E-state index contributed by atoms with van der Waals surface area (Å²) in [6.07, 6.45) is 1.94. The number of carbonyl (C=O) groups excluding carboxylic acids is 1. The van der Waals surface area contributed by atoms with E-state index >= 15 is 0 Å². The van der Waals surface area contributed by atoms with Crippen LogP contribution in [-0.4, -0.2) is 29.9 Å². The molecule has 3 rings (SSSR count). The highest BCUT2D eigenvalue weighted by Crippen LogP contribution is 2.37. The summed E-state index contributed by atoms with van der Waals surface area (Å²) in [5, 5.41) is 2.95. The first-order valence-corrected chi connectivity index (χ1v) is 7.04. The molecule has 0 aliphatic carbocycles. The Morgan fingerprint density at radius 2 is 2.06 bits per heavy atom. The second-order valence-corrected chi connectivity index (χ2v) is 5.91. The molecule has 0 spiro atoms. The molecule has 0 saturated carbocycles. The molecule has 1 aromatic carbocycles. The van der Waals surface area contributed by atoms with Gasteiger partial charge in [-0.2, -0.15) is 0 Å². The predicted octanol–water partition coefficient (Wildman–Crippen LogP) is 1.87. The third kappa shape index (κ3) is 2.06. The van der Waals surface area contributed by atoms with Crippen LogP contribution in [0, 0.1) is 0 Å². The second-order valence-electron chi connectivity index (χ2n) is 5.00. The van der Waals surface area contributed by atoms with Gasteiger partial charge in [-0.05, 0) is 25.0 Å². The van der Waals surface area contributed by atoms with Crippen molar-refractivity contribution in [2.75, 3.05) is 18.4 Å². The fraction of sp³-hybridized carbons (Fsp3) is 0.462. The van der Waals surface area contributed by atoms with Gasteiger partial charge in [0.05, 0.1) is 0 Å². The number of likely N-dealkylation sites (tertiary alicyclic amines) is 1. The van der Waals surface area contributed by atoms with Crippen LogP contribution in [0.2, 0.25) is 0 Å². The number of carbonyl (C=O) groups is 1. The van der Waals surface area contributed by atoms with Crippen LogP contribution in [0.1, 0.15) is 24.4 Å². The average molecular weight is 310 g/mol. The number of benzene rings is 1. The third-order valence-corrected chi connectivity index (χ3v) is 4.25. The van der Waals surface area contributed by atoms with Crippen molar-refractivity contribution in [2.24, 2.45) is 5.73 Å². The van der Waals surface area contributed by atoms with E-state index in [1.807, 2.05) is 18.2 Å². The van der Waals surface area contributed by atoms with Gasteiger partial charge in [0.15, 0.2) is 0 Å². The van der Waals surface area contributed by atoms with Crippen molar-refractivity contribution in [2.45, 2.75) is 24.9 Å². The molecule has 2 aliphatic rings. The van der Waals surface area contributed by atoms with Gasteiger partial charge in [0, 0.05) is 34.9 Å². The van der Waals surface area contributed by atoms with E-state index in [2.05, 4.69) is 26.1 Å². The standard InChI is InChI=1S/C13H16BrN3O/c14-8-1-2-10-11(7-8)16-13(18)12(10)17-5-3-9(15)4-6-17/h1-2,7,9,12H,3-6,15H2,(H,16,18). The minimum absolute atomic E-state index is 0.0820. The molecule has 4 nitrogen and oxygen atoms in total. The Morgan fingerprint density at radius 1 is 1.33 bits per heavy atom. The van der Waals surface area contributed by atoms with E-state index in [9.17, 15) is 4.79 Å². The monoisotopic (exact) mass is 309 g/mol. The Hall–Kier alpha value is -0.910. The molecule has 5 heteroatoms. The van der Waals surface area contributed by atoms with Crippen molar-refractivity contribution in [3.05, 3.63) is 28.2 Å². The van der Waals surface area contributed by atoms with Gasteiger partial charge in [0.1, 0.15) is 6.04 Å². The number of nitrogens with zero attached hydrogens (tertiary/aromatic N) is 1. The molecule has 18 heavy (non-hydrogen) atoms. The molecule has 0 radical (unpaired) electrons. The summed E-state index contributed by atoms with van der Waals surface area (Å²) in [6, 6.07) is 6.12. The fourth-order valence-electron chi connectivity index (χ4n) is 2.76. The van der Waals surface area contributed by atoms with Gasteiger partial charge in [0.25, 0.3) is 0 Å². The zero-order valence-corrected chi connectivity index (χ0v) is 11.6. The Morgan fingerprint density at radius 3 is 2.78 bits per heavy atom. The molecule has 96 valence electrons. The molecule has 0 bridgehead atoms. The highest BCUT2D eigenvalue weighted by atomic mass is 79.9. The van der Waals surface area contributed by atoms with Crippen LogP contribution in [0.5, 0.6) is 0 Å². The lowest BCUT2D eigenvalue weighted by Crippen LogP contribution is -2.43. The summed E-state index contributed by atoms with van der Waals surface area (Å²) in [6.45, 7) is 1.80. The number of anilines is 1. The smallest absolute Gasteiger partial charge is 0.246 e. The molecule has 2 heterocycles. The number of fused-ring (bicyclic) bond motifs is 1. The van der Waals surface area contributed by atoms with Gasteiger partial charge in [-0.25, -0.2) is 0 Å². The van der Waals surface area contributed by atoms with Crippen molar-refractivity contribution < 1.29 is 4.79 Å². The zero-order chi connectivity index (χ0) is 12.7. The lowest BCUT2D eigenvalue weighted by atomic mass is 10.0. The van der Waals surface area contributed by atoms with Crippen molar-refractivity contribution in [1.29, 1.82) is 0 Å². The van der Waals surface area contributed by atoms with Gasteiger partial charge in [-0.1, -0.05) is 22.0 Å². The summed E-state index contributed by atoms with van der Waals surface area (Å²) < 4.78 is 0.989. The van der Waals surface area contributed by atoms with Gasteiger partial charge in [0.2, 0.25) is 5.91 Å². The van der Waals surface area contributed by atoms with Crippen LogP contribution < -0.4 is 11.1 Å². The Kier molecular flexibility index (Phi) is 3.13. The van der Waals surface area contributed by atoms with E-state index in [4.69, 9.17) is 5.73 Å². The molecule has 1 fully saturated rings. The maximum atomic E-state index is 12.1. The predicted molar refractivity (Wildman–Crippen MR) is 74.3 cm³/mol. The first-order chi connectivity index (χ1) is 8.65. The number of halogens is 1. The van der Waals surface area contributed by atoms with Gasteiger partial charge in [-0.15, -0.1) is 0 Å². The van der Waals surface area contributed by atoms with Crippen LogP contribution in [0.25, 0.3) is 0 Å². The van der Waals surface area contributed by atoms with Crippen molar-refractivity contribution in [3.8, 4) is 0 Å². The van der Waals surface area contributed by atoms with Gasteiger partial charge < -0.3 is 11.1 Å². The summed E-state index contributed by atoms with van der Waals surface area (Å²) in [7, 11) is 0. The zero-order valence-electron chi connectivity index (χ0n) is 10.0. The Bertz CT molecular complexity index is 483. The summed E-state index contributed by atoms with van der Waals surface area (Å²) in [5.74, 6) is 0.0820. The van der Waals surface area contributed by atoms with Crippen LogP contribution in [-0.2, 0) is 4.79 Å². The largest absolute Gasteiger partial charge is 0.328 e. The number of hydrogen-bond acceptors (Lipinski definition) is 3. The molecule has 1 atom stereocenters. The van der Waals surface area contributed by atoms with Gasteiger partial charge in [-0.3, -0.25) is 9.69 Å².